The highest BCUT2D eigenvalue weighted by molar-refractivity contribution is 5.79. The van der Waals surface area contributed by atoms with Crippen molar-refractivity contribution in [3.63, 3.8) is 0 Å². The number of nitrogens with one attached hydrogen (secondary N) is 1. The summed E-state index contributed by atoms with van der Waals surface area (Å²) in [5.74, 6) is 0.228. The highest BCUT2D eigenvalue weighted by Gasteiger charge is 2.32. The summed E-state index contributed by atoms with van der Waals surface area (Å²) >= 11 is 0. The zero-order valence-corrected chi connectivity index (χ0v) is 18.3. The quantitative estimate of drug-likeness (QED) is 0.487. The molecule has 3 heterocycles. The van der Waals surface area contributed by atoms with Crippen LogP contribution in [0.15, 0.2) is 53.3 Å². The molecule has 0 amide bonds. The molecule has 0 saturated carbocycles. The van der Waals surface area contributed by atoms with Gasteiger partial charge in [-0.1, -0.05) is 24.3 Å². The predicted molar refractivity (Wildman–Crippen MR) is 121 cm³/mol. The maximum absolute atomic E-state index is 13.4. The number of aliphatic hydroxyl groups excluding tert-OH is 1. The van der Waals surface area contributed by atoms with Crippen LogP contribution in [-0.4, -0.2) is 54.4 Å². The van der Waals surface area contributed by atoms with Crippen LogP contribution >= 0.6 is 0 Å². The van der Waals surface area contributed by atoms with Gasteiger partial charge in [-0.2, -0.15) is 0 Å². The van der Waals surface area contributed by atoms with Gasteiger partial charge >= 0.3 is 0 Å². The number of benzene rings is 2. The fourth-order valence-corrected chi connectivity index (χ4v) is 4.46. The molecule has 5 rings (SSSR count). The summed E-state index contributed by atoms with van der Waals surface area (Å²) in [5.41, 5.74) is 3.05. The Labute approximate surface area is 189 Å². The molecule has 8 nitrogen and oxygen atoms in total. The number of fused-ring (bicyclic) bond motifs is 1. The van der Waals surface area contributed by atoms with E-state index in [1.54, 1.807) is 16.8 Å². The van der Waals surface area contributed by atoms with Gasteiger partial charge in [0.1, 0.15) is 11.9 Å². The molecule has 1 fully saturated rings. The number of H-pyrrole nitrogens is 1. The molecule has 0 radical (unpaired) electrons. The number of nitrogens with zero attached hydrogens (tertiary/aromatic N) is 5. The van der Waals surface area contributed by atoms with Gasteiger partial charge in [0.15, 0.2) is 5.82 Å². The third-order valence-electron chi connectivity index (χ3n) is 6.24. The summed E-state index contributed by atoms with van der Waals surface area (Å²) in [6.07, 6.45) is 0.872. The van der Waals surface area contributed by atoms with Gasteiger partial charge in [0.2, 0.25) is 0 Å². The molecule has 0 bridgehead atoms. The van der Waals surface area contributed by atoms with E-state index in [1.165, 1.54) is 12.1 Å². The molecule has 1 atom stereocenters. The van der Waals surface area contributed by atoms with Gasteiger partial charge in [-0.3, -0.25) is 9.69 Å². The van der Waals surface area contributed by atoms with Gasteiger partial charge in [-0.15, -0.1) is 5.10 Å². The molecule has 0 unspecified atom stereocenters. The van der Waals surface area contributed by atoms with Crippen molar-refractivity contribution in [1.82, 2.24) is 30.1 Å². The zero-order chi connectivity index (χ0) is 22.9. The smallest absolute Gasteiger partial charge is 0.253 e. The molecular weight excluding hydrogens is 423 g/mol. The van der Waals surface area contributed by atoms with Crippen LogP contribution in [0.5, 0.6) is 0 Å². The maximum Gasteiger partial charge on any atom is 0.253 e. The molecule has 2 aromatic carbocycles. The summed E-state index contributed by atoms with van der Waals surface area (Å²) in [6.45, 7) is 3.55. The van der Waals surface area contributed by atoms with Crippen LogP contribution in [-0.2, 0) is 6.54 Å². The molecule has 2 aromatic heterocycles. The van der Waals surface area contributed by atoms with E-state index < -0.39 is 6.04 Å². The SMILES string of the molecule is Cc1ccc2cc([C@@H](c3nnnn3Cc3ccc(F)cc3)N3CCC(O)CC3)c(=O)[nH]c2c1. The molecule has 170 valence electrons. The van der Waals surface area contributed by atoms with E-state index in [-0.39, 0.29) is 17.5 Å². The number of aryl methyl sites for hydroxylation is 1. The Morgan fingerprint density at radius 2 is 1.91 bits per heavy atom. The van der Waals surface area contributed by atoms with E-state index in [0.29, 0.717) is 43.9 Å². The third kappa shape index (κ3) is 4.42. The minimum Gasteiger partial charge on any atom is -0.393 e. The zero-order valence-electron chi connectivity index (χ0n) is 18.3. The number of tetrazole rings is 1. The van der Waals surface area contributed by atoms with Crippen LogP contribution in [0.3, 0.4) is 0 Å². The molecule has 1 saturated heterocycles. The summed E-state index contributed by atoms with van der Waals surface area (Å²) in [6, 6.07) is 13.6. The normalized spacial score (nSPS) is 16.3. The first-order valence-electron chi connectivity index (χ1n) is 11.0. The molecule has 0 spiro atoms. The van der Waals surface area contributed by atoms with Crippen LogP contribution in [0, 0.1) is 12.7 Å². The lowest BCUT2D eigenvalue weighted by Crippen LogP contribution is -2.41. The fraction of sp³-hybridized carbons (Fsp3) is 0.333. The molecule has 2 N–H and O–H groups in total. The highest BCUT2D eigenvalue weighted by atomic mass is 19.1. The standard InChI is InChI=1S/C24H25FN6O2/c1-15-2-5-17-13-20(24(33)26-21(17)12-15)22(30-10-8-19(32)9-11-30)23-27-28-29-31(23)14-16-3-6-18(25)7-4-16/h2-7,12-13,19,22,32H,8-11,14H2,1H3,(H,26,33)/t22-/m0/s1. The Hall–Kier alpha value is -3.43. The number of rotatable bonds is 5. The van der Waals surface area contributed by atoms with Gasteiger partial charge in [-0.25, -0.2) is 9.07 Å². The van der Waals surface area contributed by atoms with Crippen molar-refractivity contribution >= 4 is 10.9 Å². The largest absolute Gasteiger partial charge is 0.393 e. The Morgan fingerprint density at radius 1 is 1.15 bits per heavy atom. The number of hydrogen-bond acceptors (Lipinski definition) is 6. The van der Waals surface area contributed by atoms with Crippen LogP contribution in [0.1, 0.15) is 41.4 Å². The Balaban J connectivity index is 1.60. The molecular formula is C24H25FN6O2. The maximum atomic E-state index is 13.4. The van der Waals surface area contributed by atoms with E-state index in [1.807, 2.05) is 31.2 Å². The predicted octanol–water partition coefficient (Wildman–Crippen LogP) is 2.56. The van der Waals surface area contributed by atoms with Crippen LogP contribution < -0.4 is 5.56 Å². The van der Waals surface area contributed by atoms with E-state index in [9.17, 15) is 14.3 Å². The number of hydrogen-bond donors (Lipinski definition) is 2. The molecule has 0 aliphatic carbocycles. The molecule has 33 heavy (non-hydrogen) atoms. The van der Waals surface area contributed by atoms with Crippen LogP contribution in [0.25, 0.3) is 10.9 Å². The highest BCUT2D eigenvalue weighted by Crippen LogP contribution is 2.29. The number of aromatic amines is 1. The second-order valence-electron chi connectivity index (χ2n) is 8.64. The van der Waals surface area contributed by atoms with Gasteiger partial charge in [0, 0.05) is 24.2 Å². The Morgan fingerprint density at radius 3 is 2.67 bits per heavy atom. The first-order valence-corrected chi connectivity index (χ1v) is 11.0. The van der Waals surface area contributed by atoms with Crippen LogP contribution in [0.4, 0.5) is 4.39 Å². The molecule has 9 heteroatoms. The van der Waals surface area contributed by atoms with Crippen molar-refractivity contribution < 1.29 is 9.50 Å². The van der Waals surface area contributed by atoms with Crippen molar-refractivity contribution in [2.24, 2.45) is 0 Å². The molecule has 4 aromatic rings. The average Bonchev–Trinajstić information content (AvgIpc) is 3.25. The van der Waals surface area contributed by atoms with Crippen molar-refractivity contribution in [2.45, 2.75) is 38.5 Å². The lowest BCUT2D eigenvalue weighted by atomic mass is 9.99. The van der Waals surface area contributed by atoms with E-state index in [2.05, 4.69) is 25.4 Å². The topological polar surface area (TPSA) is 99.9 Å². The first kappa shape index (κ1) is 21.4. The fourth-order valence-electron chi connectivity index (χ4n) is 4.46. The van der Waals surface area contributed by atoms with Crippen molar-refractivity contribution in [3.8, 4) is 0 Å². The molecule has 1 aliphatic rings. The number of halogens is 1. The minimum absolute atomic E-state index is 0.194. The van der Waals surface area contributed by atoms with Gasteiger partial charge in [0.05, 0.1) is 12.6 Å². The monoisotopic (exact) mass is 448 g/mol. The van der Waals surface area contributed by atoms with Crippen molar-refractivity contribution in [2.75, 3.05) is 13.1 Å². The summed E-state index contributed by atoms with van der Waals surface area (Å²) in [4.78, 5) is 18.4. The summed E-state index contributed by atoms with van der Waals surface area (Å²) < 4.78 is 15.0. The molecule has 1 aliphatic heterocycles. The average molecular weight is 449 g/mol. The van der Waals surface area contributed by atoms with Gasteiger partial charge in [0.25, 0.3) is 5.56 Å². The lowest BCUT2D eigenvalue weighted by Gasteiger charge is -2.35. The van der Waals surface area contributed by atoms with Gasteiger partial charge in [-0.05, 0) is 71.0 Å². The van der Waals surface area contributed by atoms with Crippen LogP contribution in [0.2, 0.25) is 0 Å². The Bertz CT molecular complexity index is 1330. The third-order valence-corrected chi connectivity index (χ3v) is 6.24. The number of likely N-dealkylation sites (tertiary alicyclic amines) is 1. The number of pyridine rings is 1. The van der Waals surface area contributed by atoms with E-state index in [4.69, 9.17) is 0 Å². The van der Waals surface area contributed by atoms with E-state index >= 15 is 0 Å². The number of piperidine rings is 1. The minimum atomic E-state index is -0.484. The second-order valence-corrected chi connectivity index (χ2v) is 8.64. The summed E-state index contributed by atoms with van der Waals surface area (Å²) in [5, 5.41) is 23.3. The summed E-state index contributed by atoms with van der Waals surface area (Å²) in [7, 11) is 0. The van der Waals surface area contributed by atoms with Crippen molar-refractivity contribution in [1.29, 1.82) is 0 Å². The number of aromatic nitrogens is 5. The van der Waals surface area contributed by atoms with Gasteiger partial charge < -0.3 is 10.1 Å². The first-order chi connectivity index (χ1) is 16.0. The van der Waals surface area contributed by atoms with E-state index in [0.717, 1.165) is 22.0 Å². The lowest BCUT2D eigenvalue weighted by molar-refractivity contribution is 0.0659. The van der Waals surface area contributed by atoms with Crippen molar-refractivity contribution in [3.05, 3.63) is 87.2 Å². The Kier molecular flexibility index (Phi) is 5.74. The number of aliphatic hydroxyl groups is 1. The second kappa shape index (κ2) is 8.84.